The lowest BCUT2D eigenvalue weighted by Crippen LogP contribution is -2.93. The number of piperazine rings is 2. The molecule has 65 heavy (non-hydrogen) atoms. The Kier molecular flexibility index (Phi) is 6.01. The minimum absolute atomic E-state index is 0.0677. The summed E-state index contributed by atoms with van der Waals surface area (Å²) < 4.78 is 13.2. The lowest BCUT2D eigenvalue weighted by molar-refractivity contribution is -0.218. The summed E-state index contributed by atoms with van der Waals surface area (Å²) in [7, 11) is 0. The van der Waals surface area contributed by atoms with E-state index in [4.69, 9.17) is 9.47 Å². The van der Waals surface area contributed by atoms with Crippen LogP contribution in [0.4, 0.5) is 5.69 Å². The zero-order valence-corrected chi connectivity index (χ0v) is 38.3. The van der Waals surface area contributed by atoms with Crippen molar-refractivity contribution in [1.82, 2.24) is 25.0 Å². The van der Waals surface area contributed by atoms with Crippen LogP contribution in [0, 0.1) is 17.3 Å². The van der Waals surface area contributed by atoms with Crippen molar-refractivity contribution in [3.63, 3.8) is 0 Å². The summed E-state index contributed by atoms with van der Waals surface area (Å²) in [6.45, 7) is 17.8. The monoisotopic (exact) mass is 876 g/mol. The first-order chi connectivity index (χ1) is 30.7. The number of hydroxylamine groups is 1. The van der Waals surface area contributed by atoms with E-state index in [9.17, 15) is 5.21 Å². The predicted molar refractivity (Wildman–Crippen MR) is 239 cm³/mol. The maximum Gasteiger partial charge on any atom is 0.251 e. The molecule has 0 radical (unpaired) electrons. The zero-order valence-electron chi connectivity index (χ0n) is 38.3. The average Bonchev–Trinajstić information content (AvgIpc) is 4.06. The van der Waals surface area contributed by atoms with E-state index in [0.29, 0.717) is 63.1 Å². The third kappa shape index (κ3) is 3.46. The van der Waals surface area contributed by atoms with Gasteiger partial charge in [-0.3, -0.25) is 29.4 Å². The highest BCUT2D eigenvalue weighted by Gasteiger charge is 2.95. The molecule has 13 nitrogen and oxygen atoms in total. The summed E-state index contributed by atoms with van der Waals surface area (Å²) in [4.78, 5) is 74.7. The molecular formula is C52H56N6O7. The molecule has 10 atom stereocenters. The topological polar surface area (TPSA) is 148 Å². The van der Waals surface area contributed by atoms with Crippen LogP contribution >= 0.6 is 0 Å². The summed E-state index contributed by atoms with van der Waals surface area (Å²) in [6.07, 6.45) is 11.6. The number of aromatic amines is 1. The van der Waals surface area contributed by atoms with Gasteiger partial charge in [0, 0.05) is 58.5 Å². The van der Waals surface area contributed by atoms with Crippen LogP contribution in [0.25, 0.3) is 23.1 Å². The predicted octanol–water partition coefficient (Wildman–Crippen LogP) is 6.06. The van der Waals surface area contributed by atoms with E-state index in [-0.39, 0.29) is 29.5 Å². The normalized spacial score (nSPS) is 42.0. The van der Waals surface area contributed by atoms with Crippen LogP contribution in [0.15, 0.2) is 36.4 Å². The number of rotatable bonds is 0. The van der Waals surface area contributed by atoms with Crippen LogP contribution in [0.1, 0.15) is 128 Å². The first kappa shape index (κ1) is 37.9. The average molecular weight is 877 g/mol. The minimum atomic E-state index is -1.61. The van der Waals surface area contributed by atoms with Gasteiger partial charge in [-0.05, 0) is 125 Å². The smallest absolute Gasteiger partial charge is 0.251 e. The van der Waals surface area contributed by atoms with E-state index in [2.05, 4.69) is 62.3 Å². The van der Waals surface area contributed by atoms with E-state index in [0.717, 1.165) is 44.6 Å². The second-order valence-electron chi connectivity index (χ2n) is 24.3. The van der Waals surface area contributed by atoms with Crippen molar-refractivity contribution in [2.24, 2.45) is 17.3 Å². The molecule has 5 spiro atoms. The van der Waals surface area contributed by atoms with E-state index in [1.807, 2.05) is 66.7 Å². The molecule has 13 heterocycles. The fraction of sp³-hybridized carbons (Fsp3) is 0.577. The summed E-state index contributed by atoms with van der Waals surface area (Å²) in [6, 6.07) is 6.41. The maximum atomic E-state index is 16.8. The van der Waals surface area contributed by atoms with Crippen LogP contribution < -0.4 is 19.9 Å². The number of H-pyrrole nitrogens is 1. The molecule has 2 aliphatic carbocycles. The van der Waals surface area contributed by atoms with E-state index in [1.165, 1.54) is 5.06 Å². The molecule has 14 aliphatic rings. The van der Waals surface area contributed by atoms with Crippen LogP contribution in [-0.2, 0) is 30.0 Å². The van der Waals surface area contributed by atoms with E-state index >= 15 is 19.2 Å². The second-order valence-corrected chi connectivity index (χ2v) is 24.3. The molecule has 9 saturated heterocycles. The highest BCUT2D eigenvalue weighted by atomic mass is 16.5. The van der Waals surface area contributed by atoms with Gasteiger partial charge in [-0.1, -0.05) is 33.8 Å². The minimum Gasteiger partial charge on any atom is -0.483 e. The number of piperidine rings is 4. The fourth-order valence-electron chi connectivity index (χ4n) is 18.2. The Morgan fingerprint density at radius 3 is 2.08 bits per heavy atom. The number of carbonyl (C=O) groups is 4. The third-order valence-corrected chi connectivity index (χ3v) is 20.2. The third-order valence-electron chi connectivity index (χ3n) is 20.2. The molecule has 10 fully saturated rings. The Morgan fingerprint density at radius 1 is 0.723 bits per heavy atom. The number of hydrogen-bond acceptors (Lipinski definition) is 8. The maximum absolute atomic E-state index is 16.8. The largest absolute Gasteiger partial charge is 0.483 e. The highest BCUT2D eigenvalue weighted by molar-refractivity contribution is 6.12. The highest BCUT2D eigenvalue weighted by Crippen LogP contribution is 2.82. The van der Waals surface area contributed by atoms with Crippen molar-refractivity contribution in [1.29, 1.82) is 0 Å². The van der Waals surface area contributed by atoms with Gasteiger partial charge >= 0.3 is 0 Å². The molecule has 13 heteroatoms. The molecule has 2 aromatic carbocycles. The molecule has 12 aliphatic heterocycles. The SMILES string of the molecule is CC1(C)C=Cc2c(ccc3c2N(O)C2C(C)(C)[C@@H]4C[C@]56CCCN5C(=O)C4(NC6=O)[C@H]4N5C(=O)[C@@]67CCCN6C(=O)[C@@]56[C@H](c5c([nH]c8c9c(ccc58)OC(C)(C)C=C9)C(C)(C)[C@@H]6C7)[C@@]324)O1. The van der Waals surface area contributed by atoms with Crippen molar-refractivity contribution in [2.75, 3.05) is 18.2 Å². The summed E-state index contributed by atoms with van der Waals surface area (Å²) >= 11 is 0. The molecule has 3 N–H and O–H groups in total. The van der Waals surface area contributed by atoms with Gasteiger partial charge in [-0.15, -0.1) is 0 Å². The van der Waals surface area contributed by atoms with Gasteiger partial charge in [0.25, 0.3) is 5.91 Å². The number of aromatic nitrogens is 1. The Hall–Kier alpha value is -5.30. The van der Waals surface area contributed by atoms with Crippen molar-refractivity contribution < 1.29 is 33.9 Å². The number of amides is 4. The number of nitrogens with one attached hydrogen (secondary N) is 2. The van der Waals surface area contributed by atoms with Crippen LogP contribution in [0.2, 0.25) is 0 Å². The number of anilines is 1. The summed E-state index contributed by atoms with van der Waals surface area (Å²) in [5.74, 6) is -0.782. The molecule has 1 aromatic heterocycles. The van der Waals surface area contributed by atoms with Gasteiger partial charge in [0.2, 0.25) is 17.7 Å². The first-order valence-electron chi connectivity index (χ1n) is 24.1. The van der Waals surface area contributed by atoms with Crippen molar-refractivity contribution in [3.05, 3.63) is 64.4 Å². The number of benzene rings is 2. The van der Waals surface area contributed by atoms with E-state index in [1.54, 1.807) is 0 Å². The van der Waals surface area contributed by atoms with Gasteiger partial charge in [-0.2, -0.15) is 0 Å². The van der Waals surface area contributed by atoms with Crippen LogP contribution in [-0.4, -0.2) is 107 Å². The van der Waals surface area contributed by atoms with Crippen molar-refractivity contribution >= 4 is 52.4 Å². The first-order valence-corrected chi connectivity index (χ1v) is 24.1. The second kappa shape index (κ2) is 10.3. The Balaban J connectivity index is 1.15. The Bertz CT molecular complexity index is 3000. The Labute approximate surface area is 377 Å². The molecule has 3 aromatic rings. The van der Waals surface area contributed by atoms with Crippen LogP contribution in [0.3, 0.4) is 0 Å². The number of nitrogens with zero attached hydrogens (tertiary/aromatic N) is 4. The molecule has 17 rings (SSSR count). The van der Waals surface area contributed by atoms with Gasteiger partial charge in [0.15, 0.2) is 0 Å². The number of fused-ring (bicyclic) bond motifs is 10. The molecular weight excluding hydrogens is 821 g/mol. The van der Waals surface area contributed by atoms with Crippen molar-refractivity contribution in [2.45, 2.75) is 156 Å². The number of carbonyl (C=O) groups excluding carboxylic acids is 4. The van der Waals surface area contributed by atoms with Crippen LogP contribution in [0.5, 0.6) is 11.5 Å². The molecule has 4 bridgehead atoms. The fourth-order valence-corrected chi connectivity index (χ4v) is 18.2. The zero-order chi connectivity index (χ0) is 44.9. The van der Waals surface area contributed by atoms with Gasteiger partial charge < -0.3 is 34.5 Å². The number of ether oxygens (including phenoxy) is 2. The van der Waals surface area contributed by atoms with Gasteiger partial charge in [-0.25, -0.2) is 0 Å². The molecule has 2 unspecified atom stereocenters. The lowest BCUT2D eigenvalue weighted by atomic mass is 9.38. The summed E-state index contributed by atoms with van der Waals surface area (Å²) in [5.41, 5.74) is -3.44. The molecule has 1 saturated carbocycles. The lowest BCUT2D eigenvalue weighted by Gasteiger charge is -2.72. The number of hydrogen-bond donors (Lipinski definition) is 3. The van der Waals surface area contributed by atoms with Crippen molar-refractivity contribution in [3.8, 4) is 11.5 Å². The van der Waals surface area contributed by atoms with Gasteiger partial charge in [0.05, 0.1) is 28.7 Å². The Morgan fingerprint density at radius 2 is 1.35 bits per heavy atom. The molecule has 336 valence electrons. The molecule has 4 amide bonds. The quantitative estimate of drug-likeness (QED) is 0.247. The van der Waals surface area contributed by atoms with E-state index < -0.39 is 73.5 Å². The van der Waals surface area contributed by atoms with Gasteiger partial charge in [0.1, 0.15) is 44.9 Å². The standard InChI is InChI=1S/C52H56N6O7/c1-44(2)19-15-25-29(64-44)13-11-27-33-36-50-28-12-14-30-26(16-20-45(3,4)65-30)35(28)58(63)38(50)47(7,8)31-23-48-17-9-21-55(48)42(61)51(31,54-40(48)59)39(50)57-41(60)49-18-10-22-56(49)43(62)52(36,57)32(24-49)46(5,6)37(33)53-34(25)27/h11-16,19-20,31-32,36,38-39,53,63H,9-10,17-18,21-24H2,1-8H3,(H,54,59)/t31-,32-,36+,38?,39-,48-,49-,50-,51?,52+/m0/s1. The summed E-state index contributed by atoms with van der Waals surface area (Å²) in [5, 5.41) is 19.6.